The molecule has 0 bridgehead atoms. The molecule has 6 atom stereocenters. The average Bonchev–Trinajstić information content (AvgIpc) is 1.70. The molecule has 0 radical (unpaired) electrons. The van der Waals surface area contributed by atoms with Crippen LogP contribution in [0.1, 0.15) is 168 Å². The third kappa shape index (κ3) is 30.8. The van der Waals surface area contributed by atoms with Crippen molar-refractivity contribution in [3.8, 4) is 61.4 Å². The number of rotatable bonds is 37. The van der Waals surface area contributed by atoms with Gasteiger partial charge in [-0.15, -0.1) is 0 Å². The molecule has 26 nitrogen and oxygen atoms in total. The third-order valence-corrected chi connectivity index (χ3v) is 24.3. The summed E-state index contributed by atoms with van der Waals surface area (Å²) in [6.07, 6.45) is 8.28. The van der Waals surface area contributed by atoms with Crippen molar-refractivity contribution in [1.29, 1.82) is 0 Å². The predicted octanol–water partition coefficient (Wildman–Crippen LogP) is 16.2. The van der Waals surface area contributed by atoms with Gasteiger partial charge in [0.25, 0.3) is 29.5 Å². The number of nitrogens with one attached hydrogen (secondary N) is 10. The number of hydrogen-bond acceptors (Lipinski definition) is 16. The number of amides is 5. The number of aromatic nitrogens is 5. The van der Waals surface area contributed by atoms with Gasteiger partial charge in [-0.2, -0.15) is 0 Å². The molecule has 0 saturated heterocycles. The largest absolute Gasteiger partial charge is 0.497 e. The van der Waals surface area contributed by atoms with Crippen LogP contribution in [0.15, 0.2) is 243 Å². The molecule has 0 aliphatic heterocycles. The summed E-state index contributed by atoms with van der Waals surface area (Å²) in [5.41, 5.74) is 79.2. The first-order valence-corrected chi connectivity index (χ1v) is 47.4. The molecular formula is C110H139FN20O6. The van der Waals surface area contributed by atoms with Gasteiger partial charge in [0, 0.05) is 123 Å². The smallest absolute Gasteiger partial charge is 0.267 e. The van der Waals surface area contributed by atoms with E-state index in [1.54, 1.807) is 26.2 Å². The maximum atomic E-state index is 13.8. The van der Waals surface area contributed by atoms with E-state index in [0.29, 0.717) is 98.9 Å². The second kappa shape index (κ2) is 51.0. The summed E-state index contributed by atoms with van der Waals surface area (Å²) in [7, 11) is 1.65. The van der Waals surface area contributed by atoms with Gasteiger partial charge in [-0.05, 0) is 267 Å². The quantitative estimate of drug-likeness (QED) is 0.0172. The number of H-pyrrole nitrogens is 5. The van der Waals surface area contributed by atoms with Gasteiger partial charge in [0.15, 0.2) is 0 Å². The molecule has 5 heterocycles. The van der Waals surface area contributed by atoms with Crippen LogP contribution in [0.2, 0.25) is 0 Å². The molecule has 5 aromatic heterocycles. The molecular weight excluding hydrogens is 1720 g/mol. The summed E-state index contributed by atoms with van der Waals surface area (Å²) in [5.74, 6) is 0.266. The van der Waals surface area contributed by atoms with Crippen LogP contribution in [-0.2, 0) is 5.41 Å². The molecule has 0 aliphatic rings. The normalized spacial score (nSPS) is 12.6. The number of ether oxygens (including phenoxy) is 1. The summed E-state index contributed by atoms with van der Waals surface area (Å²) in [4.78, 5) is 78.0. The van der Waals surface area contributed by atoms with Gasteiger partial charge in [-0.1, -0.05) is 198 Å². The van der Waals surface area contributed by atoms with Crippen LogP contribution in [0, 0.1) is 25.6 Å². The Morgan fingerprint density at radius 3 is 0.964 bits per heavy atom. The van der Waals surface area contributed by atoms with E-state index in [-0.39, 0.29) is 77.0 Å². The second-order valence-corrected chi connectivity index (χ2v) is 36.7. The molecule has 10 aromatic carbocycles. The highest BCUT2D eigenvalue weighted by molar-refractivity contribution is 6.03. The van der Waals surface area contributed by atoms with Gasteiger partial charge < -0.3 is 114 Å². The maximum Gasteiger partial charge on any atom is 0.267 e. The lowest BCUT2D eigenvalue weighted by Crippen LogP contribution is -2.39. The summed E-state index contributed by atoms with van der Waals surface area (Å²) >= 11 is 0. The topological polar surface area (TPSA) is 494 Å². The van der Waals surface area contributed by atoms with Crippen molar-refractivity contribution in [2.24, 2.45) is 63.3 Å². The van der Waals surface area contributed by atoms with Crippen LogP contribution in [-0.4, -0.2) is 157 Å². The number of carbonyl (C=O) groups excluding carboxylic acids is 5. The van der Waals surface area contributed by atoms with Crippen LogP contribution in [0.5, 0.6) is 5.75 Å². The van der Waals surface area contributed by atoms with Crippen LogP contribution in [0.3, 0.4) is 0 Å². The minimum absolute atomic E-state index is 0.0680. The van der Waals surface area contributed by atoms with E-state index in [1.807, 2.05) is 127 Å². The molecule has 0 saturated carbocycles. The predicted molar refractivity (Wildman–Crippen MR) is 560 cm³/mol. The Kier molecular flexibility index (Phi) is 38.7. The first kappa shape index (κ1) is 104. The molecule has 0 aliphatic carbocycles. The van der Waals surface area contributed by atoms with E-state index in [2.05, 4.69) is 190 Å². The molecule has 0 fully saturated rings. The van der Waals surface area contributed by atoms with Gasteiger partial charge in [-0.3, -0.25) is 24.0 Å². The molecule has 0 spiro atoms. The zero-order chi connectivity index (χ0) is 98.2. The van der Waals surface area contributed by atoms with E-state index in [0.717, 1.165) is 180 Å². The van der Waals surface area contributed by atoms with Crippen molar-refractivity contribution in [1.82, 2.24) is 51.5 Å². The Hall–Kier alpha value is -13.4. The number of carbonyl (C=O) groups is 5. The number of nitrogens with two attached hydrogens (primary N) is 10. The van der Waals surface area contributed by atoms with Crippen molar-refractivity contribution in [3.63, 3.8) is 0 Å². The van der Waals surface area contributed by atoms with E-state index in [4.69, 9.17) is 62.1 Å². The fourth-order valence-corrected chi connectivity index (χ4v) is 15.6. The van der Waals surface area contributed by atoms with Crippen molar-refractivity contribution in [3.05, 3.63) is 294 Å². The van der Waals surface area contributed by atoms with Gasteiger partial charge >= 0.3 is 0 Å². The highest BCUT2D eigenvalue weighted by Gasteiger charge is 2.21. The highest BCUT2D eigenvalue weighted by Crippen LogP contribution is 2.33. The van der Waals surface area contributed by atoms with Crippen molar-refractivity contribution < 1.29 is 33.1 Å². The molecule has 137 heavy (non-hydrogen) atoms. The lowest BCUT2D eigenvalue weighted by Gasteiger charge is -2.19. The standard InChI is InChI=1S/2C24H32N4O.C21H25FN4O.C21H26N4O2.C20H24N4O/c1-15(2)21(26)10-9-20(25)14-27-24(29)23-13-19-12-18(8-11-22(19)28-23)17-6-4-16(3)5-7-17;1-24(2,3)19-10-8-16(9-11-19)17-6-7-18-14-22(28-21(18)13-17)23(29)27-15-20(26)5-4-12-25;1-13-4-5-14(9-18(13)22)15-6-7-16-11-20(26-19(16)10-15)21(27)25-12-17(24)3-2-8-23;1-27-18-8-6-14(7-9-18)15-4-5-16-12-20(25-19(16)11-15)21(26)24-13-17(23)3-2-10-22;21-10-4-7-17(22)13-23-20(25)19-12-16-9-8-15(11-18(16)24-19)14-5-2-1-3-6-14/h4-8,11-13,15,20-21,28H,9-10,14,25-26H2,1-3H3,(H,27,29);6-11,13-14,20,28H,4-5,12,15,25-26H2,1-3H3,(H,27,29);4-7,9-11,17,26H,2-3,8,12,23-24H2,1H3,(H,25,27);4-9,11-12,17,25H,2-3,10,13,22-23H2,1H3,(H,24,26);1-3,5-6,8-9,11-12,17,24H,4,7,10,13,21-22H2,(H,23,25)/t20-,21?;20-;3*17-/m00001/s1. The molecule has 5 amide bonds. The zero-order valence-corrected chi connectivity index (χ0v) is 80.2. The van der Waals surface area contributed by atoms with Gasteiger partial charge in [0.05, 0.1) is 7.11 Å². The van der Waals surface area contributed by atoms with Crippen molar-refractivity contribution >= 4 is 84.1 Å². The average molecular weight is 1860 g/mol. The minimum atomic E-state index is -0.231. The highest BCUT2D eigenvalue weighted by atomic mass is 19.1. The number of aromatic amines is 5. The van der Waals surface area contributed by atoms with Crippen LogP contribution >= 0.6 is 0 Å². The zero-order valence-electron chi connectivity index (χ0n) is 80.2. The van der Waals surface area contributed by atoms with Crippen LogP contribution in [0.25, 0.3) is 110 Å². The SMILES string of the molecule is CC(C)(C)c1ccc(-c2ccc3cc(C(=O)NC[C@@H](N)CCCN)[nH]c3c2)cc1.COc1ccc(-c2ccc3cc(C(=O)NC[C@@H](N)CCCN)[nH]c3c2)cc1.Cc1ccc(-c2ccc3[nH]c(C(=O)NC[C@@H](N)CCC(N)C(C)C)cc3c2)cc1.Cc1ccc(-c2ccc3cc(C(=O)NC[C@@H](N)CCCN)[nH]c3c2)cc1F.NCCC[C@@H](N)CNC(=O)c1cc2ccc(-c3ccccc3)cc2[nH]1. The first-order valence-electron chi connectivity index (χ1n) is 47.4. The molecule has 1 unspecified atom stereocenters. The summed E-state index contributed by atoms with van der Waals surface area (Å²) < 4.78 is 19.0. The molecule has 30 N–H and O–H groups in total. The van der Waals surface area contributed by atoms with Crippen molar-refractivity contribution in [2.45, 2.75) is 154 Å². The molecule has 15 rings (SSSR count). The van der Waals surface area contributed by atoms with E-state index >= 15 is 0 Å². The lowest BCUT2D eigenvalue weighted by molar-refractivity contribution is 0.0938. The van der Waals surface area contributed by atoms with Crippen molar-refractivity contribution in [2.75, 3.05) is 66.0 Å². The Morgan fingerprint density at radius 2 is 0.620 bits per heavy atom. The van der Waals surface area contributed by atoms with Crippen LogP contribution in [0.4, 0.5) is 4.39 Å². The Balaban J connectivity index is 0.000000164. The number of hydrogen-bond donors (Lipinski definition) is 20. The number of halogens is 1. The molecule has 15 aromatic rings. The second-order valence-electron chi connectivity index (χ2n) is 36.7. The van der Waals surface area contributed by atoms with E-state index in [1.165, 1.54) is 17.2 Å². The number of methoxy groups -OCH3 is 1. The number of aryl methyl sites for hydroxylation is 2. The van der Waals surface area contributed by atoms with Gasteiger partial charge in [0.1, 0.15) is 40.0 Å². The maximum absolute atomic E-state index is 13.8. The fraction of sp³-hybridized carbons (Fsp3) is 0.318. The van der Waals surface area contributed by atoms with Gasteiger partial charge in [-0.25, -0.2) is 4.39 Å². The van der Waals surface area contributed by atoms with Gasteiger partial charge in [0.2, 0.25) is 0 Å². The first-order chi connectivity index (χ1) is 65.8. The van der Waals surface area contributed by atoms with E-state index < -0.39 is 0 Å². The minimum Gasteiger partial charge on any atom is -0.497 e. The summed E-state index contributed by atoms with van der Waals surface area (Å²) in [5, 5.41) is 19.4. The monoisotopic (exact) mass is 1860 g/mol. The van der Waals surface area contributed by atoms with E-state index in [9.17, 15) is 28.4 Å². The Labute approximate surface area is 802 Å². The Bertz CT molecular complexity index is 6410. The Morgan fingerprint density at radius 1 is 0.328 bits per heavy atom. The molecule has 722 valence electrons. The fourth-order valence-electron chi connectivity index (χ4n) is 15.6. The third-order valence-electron chi connectivity index (χ3n) is 24.3. The number of fused-ring (bicyclic) bond motifs is 5. The lowest BCUT2D eigenvalue weighted by atomic mass is 9.86. The van der Waals surface area contributed by atoms with Crippen LogP contribution < -0.4 is 88.7 Å². The summed E-state index contributed by atoms with van der Waals surface area (Å²) in [6, 6.07) is 79.8. The molecule has 27 heteroatoms. The summed E-state index contributed by atoms with van der Waals surface area (Å²) in [6.45, 7) is 19.3. The number of benzene rings is 10.